The third kappa shape index (κ3) is 7.00. The number of rotatable bonds is 5. The van der Waals surface area contributed by atoms with Crippen LogP contribution >= 0.6 is 12.2 Å². The molecule has 0 saturated heterocycles. The molecular weight excluding hydrogens is 372 g/mol. The van der Waals surface area contributed by atoms with E-state index in [1.54, 1.807) is 12.1 Å². The first-order valence-corrected chi connectivity index (χ1v) is 9.46. The number of carbonyl (C=O) groups is 2. The van der Waals surface area contributed by atoms with Gasteiger partial charge in [0.2, 0.25) is 5.91 Å². The summed E-state index contributed by atoms with van der Waals surface area (Å²) in [5, 5.41) is 5.96. The van der Waals surface area contributed by atoms with Gasteiger partial charge < -0.3 is 10.6 Å². The molecule has 2 amide bonds. The molecule has 0 aliphatic carbocycles. The molecule has 6 nitrogen and oxygen atoms in total. The predicted molar refractivity (Wildman–Crippen MR) is 116 cm³/mol. The Bertz CT molecular complexity index is 815. The first-order chi connectivity index (χ1) is 13.3. The number of hydrazine groups is 1. The van der Waals surface area contributed by atoms with Crippen molar-refractivity contribution in [2.75, 3.05) is 11.9 Å². The van der Waals surface area contributed by atoms with E-state index in [-0.39, 0.29) is 35.3 Å². The van der Waals surface area contributed by atoms with E-state index in [2.05, 4.69) is 42.3 Å². The molecule has 148 valence electrons. The number of carbonyl (C=O) groups excluding carboxylic acids is 2. The highest BCUT2D eigenvalue weighted by Gasteiger charge is 2.14. The minimum absolute atomic E-state index is 0.0377. The molecule has 0 spiro atoms. The number of thiocarbonyl (C=S) groups is 1. The maximum Gasteiger partial charge on any atom is 0.251 e. The molecule has 0 bridgehead atoms. The minimum atomic E-state index is -0.277. The highest BCUT2D eigenvalue weighted by atomic mass is 32.1. The second-order valence-corrected chi connectivity index (χ2v) is 7.73. The van der Waals surface area contributed by atoms with E-state index in [9.17, 15) is 9.59 Å². The fraction of sp³-hybridized carbons (Fsp3) is 0.286. The summed E-state index contributed by atoms with van der Waals surface area (Å²) >= 11 is 5.10. The molecule has 0 aliphatic heterocycles. The summed E-state index contributed by atoms with van der Waals surface area (Å²) < 4.78 is 0. The lowest BCUT2D eigenvalue weighted by Gasteiger charge is -2.19. The van der Waals surface area contributed by atoms with Crippen molar-refractivity contribution < 1.29 is 9.59 Å². The van der Waals surface area contributed by atoms with Crippen LogP contribution < -0.4 is 21.5 Å². The topological polar surface area (TPSA) is 82.3 Å². The maximum atomic E-state index is 12.2. The summed E-state index contributed by atoms with van der Waals surface area (Å²) in [4.78, 5) is 24.0. The van der Waals surface area contributed by atoms with Crippen LogP contribution in [-0.2, 0) is 10.2 Å². The van der Waals surface area contributed by atoms with E-state index >= 15 is 0 Å². The van der Waals surface area contributed by atoms with Gasteiger partial charge >= 0.3 is 0 Å². The second kappa shape index (κ2) is 9.85. The summed E-state index contributed by atoms with van der Waals surface area (Å²) in [7, 11) is 0. The lowest BCUT2D eigenvalue weighted by molar-refractivity contribution is -0.121. The number of benzene rings is 2. The molecule has 0 heterocycles. The van der Waals surface area contributed by atoms with E-state index in [1.165, 1.54) is 0 Å². The van der Waals surface area contributed by atoms with Gasteiger partial charge in [0.25, 0.3) is 5.91 Å². The Balaban J connectivity index is 1.68. The zero-order chi connectivity index (χ0) is 20.6. The van der Waals surface area contributed by atoms with E-state index in [4.69, 9.17) is 12.2 Å². The number of anilines is 1. The van der Waals surface area contributed by atoms with Crippen LogP contribution in [0.15, 0.2) is 54.6 Å². The van der Waals surface area contributed by atoms with Crippen LogP contribution in [-0.4, -0.2) is 23.5 Å². The van der Waals surface area contributed by atoms with Crippen molar-refractivity contribution in [2.45, 2.75) is 32.6 Å². The molecule has 2 rings (SSSR count). The maximum absolute atomic E-state index is 12.2. The third-order valence-electron chi connectivity index (χ3n) is 4.00. The largest absolute Gasteiger partial charge is 0.352 e. The van der Waals surface area contributed by atoms with Crippen LogP contribution in [0.3, 0.4) is 0 Å². The van der Waals surface area contributed by atoms with Gasteiger partial charge in [-0.3, -0.25) is 20.4 Å². The first-order valence-electron chi connectivity index (χ1n) is 9.05. The van der Waals surface area contributed by atoms with Crippen LogP contribution in [0.2, 0.25) is 0 Å². The lowest BCUT2D eigenvalue weighted by Crippen LogP contribution is -2.44. The fourth-order valence-corrected chi connectivity index (χ4v) is 2.55. The summed E-state index contributed by atoms with van der Waals surface area (Å²) in [5.74, 6) is -0.483. The van der Waals surface area contributed by atoms with Crippen LogP contribution in [0.5, 0.6) is 0 Å². The highest BCUT2D eigenvalue weighted by molar-refractivity contribution is 7.80. The van der Waals surface area contributed by atoms with Crippen LogP contribution in [0.1, 0.15) is 43.1 Å². The Morgan fingerprint density at radius 2 is 1.57 bits per heavy atom. The average Bonchev–Trinajstić information content (AvgIpc) is 2.66. The summed E-state index contributed by atoms with van der Waals surface area (Å²) in [6.07, 6.45) is 0.132. The summed E-state index contributed by atoms with van der Waals surface area (Å²) in [5.41, 5.74) is 7.71. The molecule has 0 fully saturated rings. The SMILES string of the molecule is CC(C)(C)c1ccc(C(=O)NCCC(=O)NNC(=S)Nc2ccccc2)cc1. The number of nitrogens with one attached hydrogen (secondary N) is 4. The fourth-order valence-electron chi connectivity index (χ4n) is 2.39. The van der Waals surface area contributed by atoms with Crippen molar-refractivity contribution in [1.29, 1.82) is 0 Å². The lowest BCUT2D eigenvalue weighted by atomic mass is 9.87. The van der Waals surface area contributed by atoms with Crippen molar-refractivity contribution in [3.8, 4) is 0 Å². The van der Waals surface area contributed by atoms with Gasteiger partial charge in [-0.15, -0.1) is 0 Å². The predicted octanol–water partition coefficient (Wildman–Crippen LogP) is 3.12. The third-order valence-corrected chi connectivity index (χ3v) is 4.20. The summed E-state index contributed by atoms with van der Waals surface area (Å²) in [6, 6.07) is 16.9. The molecule has 7 heteroatoms. The van der Waals surface area contributed by atoms with E-state index < -0.39 is 0 Å². The van der Waals surface area contributed by atoms with Gasteiger partial charge in [-0.05, 0) is 47.5 Å². The molecule has 0 saturated carbocycles. The highest BCUT2D eigenvalue weighted by Crippen LogP contribution is 2.22. The molecule has 28 heavy (non-hydrogen) atoms. The van der Waals surface area contributed by atoms with Gasteiger partial charge in [0.05, 0.1) is 0 Å². The molecule has 0 aromatic heterocycles. The Morgan fingerprint density at radius 3 is 2.18 bits per heavy atom. The van der Waals surface area contributed by atoms with Gasteiger partial charge in [0.1, 0.15) is 0 Å². The van der Waals surface area contributed by atoms with Crippen LogP contribution in [0.25, 0.3) is 0 Å². The standard InChI is InChI=1S/C21H26N4O2S/c1-21(2,3)16-11-9-15(10-12-16)19(27)22-14-13-18(26)24-25-20(28)23-17-7-5-4-6-8-17/h4-12H,13-14H2,1-3H3,(H,22,27)(H,24,26)(H2,23,25,28). The molecule has 2 aromatic carbocycles. The number of hydrogen-bond donors (Lipinski definition) is 4. The number of amides is 2. The summed E-state index contributed by atoms with van der Waals surface area (Å²) in [6.45, 7) is 6.59. The molecule has 0 aliphatic rings. The molecule has 0 radical (unpaired) electrons. The Kier molecular flexibility index (Phi) is 7.52. The quantitative estimate of drug-likeness (QED) is 0.460. The van der Waals surface area contributed by atoms with E-state index in [0.717, 1.165) is 11.3 Å². The van der Waals surface area contributed by atoms with Crippen molar-refractivity contribution in [3.63, 3.8) is 0 Å². The van der Waals surface area contributed by atoms with Crippen molar-refractivity contribution in [3.05, 3.63) is 65.7 Å². The Hall–Kier alpha value is -2.93. The zero-order valence-electron chi connectivity index (χ0n) is 16.3. The minimum Gasteiger partial charge on any atom is -0.352 e. The molecule has 0 atom stereocenters. The smallest absolute Gasteiger partial charge is 0.251 e. The molecule has 2 aromatic rings. The van der Waals surface area contributed by atoms with Crippen LogP contribution in [0.4, 0.5) is 5.69 Å². The van der Waals surface area contributed by atoms with Gasteiger partial charge in [0.15, 0.2) is 5.11 Å². The van der Waals surface area contributed by atoms with E-state index in [0.29, 0.717) is 5.56 Å². The molecule has 0 unspecified atom stereocenters. The monoisotopic (exact) mass is 398 g/mol. The molecular formula is C21H26N4O2S. The van der Waals surface area contributed by atoms with Gasteiger partial charge in [0, 0.05) is 24.2 Å². The van der Waals surface area contributed by atoms with Gasteiger partial charge in [-0.1, -0.05) is 51.1 Å². The van der Waals surface area contributed by atoms with Crippen molar-refractivity contribution in [1.82, 2.24) is 16.2 Å². The second-order valence-electron chi connectivity index (χ2n) is 7.33. The van der Waals surface area contributed by atoms with Gasteiger partial charge in [-0.2, -0.15) is 0 Å². The van der Waals surface area contributed by atoms with Crippen molar-refractivity contribution in [2.24, 2.45) is 0 Å². The number of para-hydroxylation sites is 1. The molecule has 4 N–H and O–H groups in total. The van der Waals surface area contributed by atoms with Crippen molar-refractivity contribution >= 4 is 34.8 Å². The van der Waals surface area contributed by atoms with Gasteiger partial charge in [-0.25, -0.2) is 0 Å². The zero-order valence-corrected chi connectivity index (χ0v) is 17.2. The first kappa shape index (κ1) is 21.4. The Labute approximate surface area is 171 Å². The number of hydrogen-bond acceptors (Lipinski definition) is 3. The van der Waals surface area contributed by atoms with E-state index in [1.807, 2.05) is 42.5 Å². The normalized spacial score (nSPS) is 10.7. The van der Waals surface area contributed by atoms with Crippen LogP contribution in [0, 0.1) is 0 Å². The Morgan fingerprint density at radius 1 is 0.929 bits per heavy atom. The average molecular weight is 399 g/mol.